The molecule has 23 heavy (non-hydrogen) atoms. The number of rotatable bonds is 4. The Hall–Kier alpha value is -2.14. The first-order chi connectivity index (χ1) is 11.2. The van der Waals surface area contributed by atoms with E-state index in [1.165, 1.54) is 9.13 Å². The second-order valence-corrected chi connectivity index (χ2v) is 6.35. The van der Waals surface area contributed by atoms with E-state index in [4.69, 9.17) is 4.74 Å². The third-order valence-corrected chi connectivity index (χ3v) is 4.33. The molecule has 0 fully saturated rings. The number of ether oxygens (including phenoxy) is 1. The lowest BCUT2D eigenvalue weighted by Gasteiger charge is -2.06. The van der Waals surface area contributed by atoms with Crippen molar-refractivity contribution in [3.8, 4) is 11.5 Å². The predicted molar refractivity (Wildman–Crippen MR) is 104 cm³/mol. The van der Waals surface area contributed by atoms with Crippen LogP contribution in [0.15, 0.2) is 77.8 Å². The van der Waals surface area contributed by atoms with Gasteiger partial charge in [0.05, 0.1) is 5.69 Å². The first-order valence-corrected chi connectivity index (χ1v) is 8.42. The van der Waals surface area contributed by atoms with Crippen molar-refractivity contribution < 1.29 is 4.74 Å². The standard InChI is InChI=1S/C20H16INO/c1-15-6-10-18(11-7-15)23-19-12-8-17(9-13-19)22-14-16-4-2-3-5-20(16)21/h2-14H,1H3. The minimum atomic E-state index is 0.807. The van der Waals surface area contributed by atoms with Gasteiger partial charge in [0.15, 0.2) is 0 Å². The van der Waals surface area contributed by atoms with Gasteiger partial charge >= 0.3 is 0 Å². The highest BCUT2D eigenvalue weighted by Gasteiger charge is 1.98. The van der Waals surface area contributed by atoms with Gasteiger partial charge in [0.2, 0.25) is 0 Å². The maximum absolute atomic E-state index is 5.82. The Morgan fingerprint density at radius 3 is 2.09 bits per heavy atom. The molecule has 0 saturated heterocycles. The van der Waals surface area contributed by atoms with Gasteiger partial charge in [-0.25, -0.2) is 0 Å². The maximum atomic E-state index is 5.82. The lowest BCUT2D eigenvalue weighted by molar-refractivity contribution is 0.482. The van der Waals surface area contributed by atoms with Crippen molar-refractivity contribution >= 4 is 34.5 Å². The quantitative estimate of drug-likeness (QED) is 0.372. The van der Waals surface area contributed by atoms with Crippen molar-refractivity contribution in [2.45, 2.75) is 6.92 Å². The van der Waals surface area contributed by atoms with Crippen LogP contribution in [0.3, 0.4) is 0 Å². The number of nitrogens with zero attached hydrogens (tertiary/aromatic N) is 1. The Kier molecular flexibility index (Phi) is 5.08. The van der Waals surface area contributed by atoms with Crippen LogP contribution in [0.25, 0.3) is 0 Å². The van der Waals surface area contributed by atoms with Crippen LogP contribution in [0, 0.1) is 10.5 Å². The molecule has 0 N–H and O–H groups in total. The zero-order chi connectivity index (χ0) is 16.1. The minimum absolute atomic E-state index is 0.807. The van der Waals surface area contributed by atoms with Crippen LogP contribution in [-0.4, -0.2) is 6.21 Å². The maximum Gasteiger partial charge on any atom is 0.127 e. The molecule has 2 nitrogen and oxygen atoms in total. The lowest BCUT2D eigenvalue weighted by Crippen LogP contribution is -1.85. The number of benzene rings is 3. The summed E-state index contributed by atoms with van der Waals surface area (Å²) in [6.45, 7) is 2.06. The van der Waals surface area contributed by atoms with E-state index in [0.29, 0.717) is 0 Å². The predicted octanol–water partition coefficient (Wildman–Crippen LogP) is 6.14. The molecule has 0 bridgehead atoms. The highest BCUT2D eigenvalue weighted by molar-refractivity contribution is 14.1. The number of halogens is 1. The summed E-state index contributed by atoms with van der Waals surface area (Å²) < 4.78 is 7.01. The van der Waals surface area contributed by atoms with Gasteiger partial charge in [-0.15, -0.1) is 0 Å². The fraction of sp³-hybridized carbons (Fsp3) is 0.0500. The zero-order valence-corrected chi connectivity index (χ0v) is 14.9. The summed E-state index contributed by atoms with van der Waals surface area (Å²) in [5.41, 5.74) is 3.24. The van der Waals surface area contributed by atoms with Crippen molar-refractivity contribution in [2.75, 3.05) is 0 Å². The molecule has 3 heteroatoms. The van der Waals surface area contributed by atoms with Gasteiger partial charge in [0.1, 0.15) is 11.5 Å². The summed E-state index contributed by atoms with van der Waals surface area (Å²) in [4.78, 5) is 4.51. The number of aliphatic imine (C=N–C) groups is 1. The van der Waals surface area contributed by atoms with Crippen LogP contribution in [0.2, 0.25) is 0 Å². The average Bonchev–Trinajstić information content (AvgIpc) is 2.58. The van der Waals surface area contributed by atoms with Crippen molar-refractivity contribution in [1.82, 2.24) is 0 Å². The van der Waals surface area contributed by atoms with Gasteiger partial charge in [-0.05, 0) is 72.0 Å². The van der Waals surface area contributed by atoms with Crippen LogP contribution in [0.1, 0.15) is 11.1 Å². The van der Waals surface area contributed by atoms with E-state index < -0.39 is 0 Å². The molecule has 0 atom stereocenters. The monoisotopic (exact) mass is 413 g/mol. The zero-order valence-electron chi connectivity index (χ0n) is 12.7. The Morgan fingerprint density at radius 2 is 1.43 bits per heavy atom. The molecule has 114 valence electrons. The van der Waals surface area contributed by atoms with Crippen molar-refractivity contribution in [1.29, 1.82) is 0 Å². The summed E-state index contributed by atoms with van der Waals surface area (Å²) in [6, 6.07) is 24.0. The van der Waals surface area contributed by atoms with E-state index in [2.05, 4.69) is 46.6 Å². The minimum Gasteiger partial charge on any atom is -0.457 e. The molecule has 0 heterocycles. The van der Waals surface area contributed by atoms with Crippen LogP contribution >= 0.6 is 22.6 Å². The summed E-state index contributed by atoms with van der Waals surface area (Å²) in [5, 5.41) is 0. The molecule has 0 radical (unpaired) electrons. The van der Waals surface area contributed by atoms with Crippen molar-refractivity contribution in [2.24, 2.45) is 4.99 Å². The molecule has 0 aliphatic heterocycles. The average molecular weight is 413 g/mol. The van der Waals surface area contributed by atoms with Gasteiger partial charge in [-0.2, -0.15) is 0 Å². The topological polar surface area (TPSA) is 21.6 Å². The molecule has 0 amide bonds. The van der Waals surface area contributed by atoms with Gasteiger partial charge < -0.3 is 4.74 Å². The van der Waals surface area contributed by atoms with E-state index >= 15 is 0 Å². The molecule has 0 aliphatic carbocycles. The summed E-state index contributed by atoms with van der Waals surface area (Å²) in [6.07, 6.45) is 1.89. The Morgan fingerprint density at radius 1 is 0.826 bits per heavy atom. The molecule has 3 rings (SSSR count). The van der Waals surface area contributed by atoms with Crippen LogP contribution < -0.4 is 4.74 Å². The Bertz CT molecular complexity index is 808. The molecule has 0 aromatic heterocycles. The van der Waals surface area contributed by atoms with Crippen LogP contribution in [0.5, 0.6) is 11.5 Å². The van der Waals surface area contributed by atoms with Crippen molar-refractivity contribution in [3.63, 3.8) is 0 Å². The van der Waals surface area contributed by atoms with E-state index in [0.717, 1.165) is 22.7 Å². The molecule has 3 aromatic carbocycles. The normalized spacial score (nSPS) is 10.9. The fourth-order valence-corrected chi connectivity index (χ4v) is 2.59. The number of hydrogen-bond donors (Lipinski definition) is 0. The summed E-state index contributed by atoms with van der Waals surface area (Å²) in [5.74, 6) is 1.65. The smallest absolute Gasteiger partial charge is 0.127 e. The van der Waals surface area contributed by atoms with Crippen LogP contribution in [-0.2, 0) is 0 Å². The van der Waals surface area contributed by atoms with E-state index in [-0.39, 0.29) is 0 Å². The van der Waals surface area contributed by atoms with Crippen molar-refractivity contribution in [3.05, 3.63) is 87.5 Å². The molecule has 0 aliphatic rings. The first-order valence-electron chi connectivity index (χ1n) is 7.34. The third kappa shape index (κ3) is 4.42. The lowest BCUT2D eigenvalue weighted by atomic mass is 10.2. The van der Waals surface area contributed by atoms with E-state index in [9.17, 15) is 0 Å². The fourth-order valence-electron chi connectivity index (χ4n) is 2.07. The van der Waals surface area contributed by atoms with Gasteiger partial charge in [-0.3, -0.25) is 4.99 Å². The second-order valence-electron chi connectivity index (χ2n) is 5.19. The molecule has 3 aromatic rings. The largest absolute Gasteiger partial charge is 0.457 e. The number of hydrogen-bond acceptors (Lipinski definition) is 2. The third-order valence-electron chi connectivity index (χ3n) is 3.35. The van der Waals surface area contributed by atoms with Crippen LogP contribution in [0.4, 0.5) is 5.69 Å². The highest BCUT2D eigenvalue weighted by Crippen LogP contribution is 2.24. The molecular weight excluding hydrogens is 397 g/mol. The molecule has 0 unspecified atom stereocenters. The first kappa shape index (κ1) is 15.7. The van der Waals surface area contributed by atoms with E-state index in [1.807, 2.05) is 66.9 Å². The Balaban J connectivity index is 1.69. The molecule has 0 spiro atoms. The van der Waals surface area contributed by atoms with Gasteiger partial charge in [0.25, 0.3) is 0 Å². The highest BCUT2D eigenvalue weighted by atomic mass is 127. The number of aryl methyl sites for hydroxylation is 1. The van der Waals surface area contributed by atoms with Gasteiger partial charge in [-0.1, -0.05) is 35.9 Å². The summed E-state index contributed by atoms with van der Waals surface area (Å²) in [7, 11) is 0. The Labute approximate surface area is 150 Å². The van der Waals surface area contributed by atoms with Gasteiger partial charge in [0, 0.05) is 15.3 Å². The molecular formula is C20H16INO. The molecule has 0 saturated carbocycles. The second kappa shape index (κ2) is 7.42. The summed E-state index contributed by atoms with van der Waals surface area (Å²) >= 11 is 2.31. The SMILES string of the molecule is Cc1ccc(Oc2ccc(N=Cc3ccccc3I)cc2)cc1. The van der Waals surface area contributed by atoms with E-state index in [1.54, 1.807) is 0 Å².